The third-order valence-electron chi connectivity index (χ3n) is 3.03. The van der Waals surface area contributed by atoms with Gasteiger partial charge in [-0.25, -0.2) is 19.7 Å². The van der Waals surface area contributed by atoms with Crippen molar-refractivity contribution in [2.45, 2.75) is 24.6 Å². The van der Waals surface area contributed by atoms with Crippen molar-refractivity contribution >= 4 is 50.6 Å². The maximum atomic E-state index is 10.8. The molecule has 1 N–H and O–H groups in total. The lowest BCUT2D eigenvalue weighted by Crippen LogP contribution is -1.96. The van der Waals surface area contributed by atoms with Crippen molar-refractivity contribution in [2.75, 3.05) is 0 Å². The lowest BCUT2D eigenvalue weighted by Gasteiger charge is -2.01. The molecule has 3 heterocycles. The minimum absolute atomic E-state index is 0.103. The number of thioether (sulfide) groups is 1. The molecule has 3 aromatic heterocycles. The van der Waals surface area contributed by atoms with Gasteiger partial charge in [0.05, 0.1) is 5.75 Å². The van der Waals surface area contributed by atoms with E-state index in [1.165, 1.54) is 21.8 Å². The van der Waals surface area contributed by atoms with E-state index in [-0.39, 0.29) is 5.69 Å². The van der Waals surface area contributed by atoms with Crippen LogP contribution < -0.4 is 0 Å². The van der Waals surface area contributed by atoms with E-state index in [4.69, 9.17) is 5.11 Å². The number of fused-ring (bicyclic) bond motifs is 1. The molecule has 0 aliphatic carbocycles. The number of thiophene rings is 1. The minimum atomic E-state index is -0.990. The van der Waals surface area contributed by atoms with E-state index in [1.807, 2.05) is 0 Å². The Balaban J connectivity index is 1.86. The Hall–Kier alpha value is -1.51. The van der Waals surface area contributed by atoms with E-state index in [2.05, 4.69) is 28.8 Å². The van der Waals surface area contributed by atoms with Gasteiger partial charge in [-0.2, -0.15) is 0 Å². The van der Waals surface area contributed by atoms with Crippen molar-refractivity contribution in [3.8, 4) is 0 Å². The molecule has 0 fully saturated rings. The molecule has 0 saturated carbocycles. The van der Waals surface area contributed by atoms with Crippen molar-refractivity contribution in [1.82, 2.24) is 15.0 Å². The number of carbonyl (C=O) groups is 1. The van der Waals surface area contributed by atoms with Crippen LogP contribution in [0.5, 0.6) is 0 Å². The summed E-state index contributed by atoms with van der Waals surface area (Å²) < 4.78 is 0. The van der Waals surface area contributed by atoms with E-state index >= 15 is 0 Å². The van der Waals surface area contributed by atoms with E-state index in [0.29, 0.717) is 5.75 Å². The second-order valence-electron chi connectivity index (χ2n) is 4.36. The Morgan fingerprint density at radius 2 is 2.19 bits per heavy atom. The molecule has 21 heavy (non-hydrogen) atoms. The van der Waals surface area contributed by atoms with Crippen LogP contribution in [0.4, 0.5) is 0 Å². The highest BCUT2D eigenvalue weighted by molar-refractivity contribution is 7.98. The summed E-state index contributed by atoms with van der Waals surface area (Å²) in [6, 6.07) is 0. The van der Waals surface area contributed by atoms with E-state index in [9.17, 15) is 4.79 Å². The van der Waals surface area contributed by atoms with E-state index in [1.54, 1.807) is 34.8 Å². The molecule has 0 aliphatic rings. The first-order chi connectivity index (χ1) is 10.1. The summed E-state index contributed by atoms with van der Waals surface area (Å²) in [5.74, 6) is -0.380. The summed E-state index contributed by atoms with van der Waals surface area (Å²) in [5, 5.41) is 13.3. The number of thiazole rings is 1. The number of aromatic carboxylic acids is 1. The highest BCUT2D eigenvalue weighted by Gasteiger charge is 2.14. The Morgan fingerprint density at radius 1 is 1.38 bits per heavy atom. The molecule has 3 rings (SSSR count). The van der Waals surface area contributed by atoms with Gasteiger partial charge in [-0.05, 0) is 19.4 Å². The van der Waals surface area contributed by atoms with Gasteiger partial charge >= 0.3 is 5.97 Å². The molecule has 0 saturated heterocycles. The monoisotopic (exact) mass is 337 g/mol. The lowest BCUT2D eigenvalue weighted by molar-refractivity contribution is 0.0691. The Bertz CT molecular complexity index is 825. The number of aromatic nitrogens is 3. The van der Waals surface area contributed by atoms with Gasteiger partial charge in [0.25, 0.3) is 0 Å². The van der Waals surface area contributed by atoms with Crippen LogP contribution in [0.1, 0.15) is 25.9 Å². The fourth-order valence-electron chi connectivity index (χ4n) is 1.87. The van der Waals surface area contributed by atoms with Crippen molar-refractivity contribution in [3.63, 3.8) is 0 Å². The zero-order valence-electron chi connectivity index (χ0n) is 11.3. The zero-order valence-corrected chi connectivity index (χ0v) is 13.7. The van der Waals surface area contributed by atoms with Crippen LogP contribution in [0.3, 0.4) is 0 Å². The highest BCUT2D eigenvalue weighted by Crippen LogP contribution is 2.35. The van der Waals surface area contributed by atoms with Crippen LogP contribution in [-0.4, -0.2) is 26.0 Å². The van der Waals surface area contributed by atoms with Gasteiger partial charge in [0.15, 0.2) is 5.69 Å². The molecule has 0 spiro atoms. The summed E-state index contributed by atoms with van der Waals surface area (Å²) in [6.07, 6.45) is 1.57. The SMILES string of the molecule is Cc1sc2ncnc(SCc3nc(C(=O)O)cs3)c2c1C. The van der Waals surface area contributed by atoms with Crippen LogP contribution in [0, 0.1) is 13.8 Å². The molecule has 0 aliphatic heterocycles. The zero-order chi connectivity index (χ0) is 15.0. The van der Waals surface area contributed by atoms with Gasteiger partial charge in [-0.1, -0.05) is 11.8 Å². The summed E-state index contributed by atoms with van der Waals surface area (Å²) in [5.41, 5.74) is 1.31. The number of carboxylic acid groups (broad SMARTS) is 1. The molecule has 3 aromatic rings. The van der Waals surface area contributed by atoms with Crippen LogP contribution in [0.2, 0.25) is 0 Å². The van der Waals surface area contributed by atoms with Gasteiger partial charge in [0.2, 0.25) is 0 Å². The standard InChI is InChI=1S/C13H11N3O2S3/c1-6-7(2)21-12-10(6)11(14-5-15-12)20-4-9-16-8(3-19-9)13(17)18/h3,5H,4H2,1-2H3,(H,17,18). The fourth-order valence-corrected chi connectivity index (χ4v) is 4.77. The first-order valence-electron chi connectivity index (χ1n) is 6.07. The molecular formula is C13H11N3O2S3. The molecule has 5 nitrogen and oxygen atoms in total. The van der Waals surface area contributed by atoms with Crippen LogP contribution >= 0.6 is 34.4 Å². The van der Waals surface area contributed by atoms with Crippen molar-refractivity contribution in [2.24, 2.45) is 0 Å². The second-order valence-corrected chi connectivity index (χ2v) is 7.47. The third-order valence-corrected chi connectivity index (χ3v) is 6.18. The highest BCUT2D eigenvalue weighted by atomic mass is 32.2. The summed E-state index contributed by atoms with van der Waals surface area (Å²) in [7, 11) is 0. The molecule has 8 heteroatoms. The number of hydrogen-bond acceptors (Lipinski definition) is 7. The molecule has 108 valence electrons. The van der Waals surface area contributed by atoms with Gasteiger partial charge < -0.3 is 5.11 Å². The molecule has 0 radical (unpaired) electrons. The molecular weight excluding hydrogens is 326 g/mol. The average molecular weight is 337 g/mol. The second kappa shape index (κ2) is 5.70. The predicted molar refractivity (Wildman–Crippen MR) is 85.5 cm³/mol. The molecule has 0 atom stereocenters. The minimum Gasteiger partial charge on any atom is -0.476 e. The van der Waals surface area contributed by atoms with Crippen molar-refractivity contribution < 1.29 is 9.90 Å². The molecule has 0 unspecified atom stereocenters. The van der Waals surface area contributed by atoms with Gasteiger partial charge in [-0.15, -0.1) is 22.7 Å². The van der Waals surface area contributed by atoms with E-state index < -0.39 is 5.97 Å². The van der Waals surface area contributed by atoms with Gasteiger partial charge in [0, 0.05) is 15.6 Å². The van der Waals surface area contributed by atoms with Crippen molar-refractivity contribution in [3.05, 3.63) is 32.8 Å². The fraction of sp³-hybridized carbons (Fsp3) is 0.231. The largest absolute Gasteiger partial charge is 0.476 e. The van der Waals surface area contributed by atoms with E-state index in [0.717, 1.165) is 20.3 Å². The number of hydrogen-bond donors (Lipinski definition) is 1. The van der Waals surface area contributed by atoms with Crippen LogP contribution in [0.25, 0.3) is 10.2 Å². The Kier molecular flexibility index (Phi) is 3.92. The topological polar surface area (TPSA) is 76.0 Å². The molecule has 0 aromatic carbocycles. The number of nitrogens with zero attached hydrogens (tertiary/aromatic N) is 3. The maximum Gasteiger partial charge on any atom is 0.355 e. The molecule has 0 amide bonds. The summed E-state index contributed by atoms with van der Waals surface area (Å²) >= 11 is 4.59. The van der Waals surface area contributed by atoms with Crippen LogP contribution in [0.15, 0.2) is 16.7 Å². The van der Waals surface area contributed by atoms with Gasteiger partial charge in [0.1, 0.15) is 21.2 Å². The first kappa shape index (κ1) is 14.4. The maximum absolute atomic E-state index is 10.8. The predicted octanol–water partition coefficient (Wildman–Crippen LogP) is 3.76. The Morgan fingerprint density at radius 3 is 2.90 bits per heavy atom. The molecule has 0 bridgehead atoms. The summed E-state index contributed by atoms with van der Waals surface area (Å²) in [6.45, 7) is 4.16. The summed E-state index contributed by atoms with van der Waals surface area (Å²) in [4.78, 5) is 25.8. The quantitative estimate of drug-likeness (QED) is 0.577. The first-order valence-corrected chi connectivity index (χ1v) is 8.75. The number of aryl methyl sites for hydroxylation is 2. The average Bonchev–Trinajstić information content (AvgIpc) is 3.03. The number of rotatable bonds is 4. The van der Waals surface area contributed by atoms with Crippen molar-refractivity contribution in [1.29, 1.82) is 0 Å². The Labute approximate surface area is 133 Å². The number of carboxylic acids is 1. The third kappa shape index (κ3) is 2.78. The normalized spacial score (nSPS) is 11.1. The lowest BCUT2D eigenvalue weighted by atomic mass is 10.2. The van der Waals surface area contributed by atoms with Gasteiger partial charge in [-0.3, -0.25) is 0 Å². The smallest absolute Gasteiger partial charge is 0.355 e. The van der Waals surface area contributed by atoms with Crippen LogP contribution in [-0.2, 0) is 5.75 Å².